The highest BCUT2D eigenvalue weighted by molar-refractivity contribution is 7.92. The summed E-state index contributed by atoms with van der Waals surface area (Å²) in [6.45, 7) is 1.70. The van der Waals surface area contributed by atoms with Crippen LogP contribution in [0.15, 0.2) is 71.6 Å². The maximum atomic E-state index is 13.4. The van der Waals surface area contributed by atoms with E-state index in [4.69, 9.17) is 4.74 Å². The number of ether oxygens (including phenoxy) is 1. The van der Waals surface area contributed by atoms with Crippen LogP contribution in [-0.2, 0) is 10.0 Å². The lowest BCUT2D eigenvalue weighted by molar-refractivity contribution is 0.102. The molecule has 3 aromatic carbocycles. The molecule has 0 saturated carbocycles. The first-order valence-electron chi connectivity index (χ1n) is 10.1. The van der Waals surface area contributed by atoms with Gasteiger partial charge in [-0.3, -0.25) is 9.52 Å². The van der Waals surface area contributed by atoms with Gasteiger partial charge in [-0.25, -0.2) is 21.9 Å². The number of nitrogens with one attached hydrogen (secondary N) is 2. The molecular formula is C23H19F2N5O4S. The predicted octanol–water partition coefficient (Wildman–Crippen LogP) is 3.92. The van der Waals surface area contributed by atoms with Gasteiger partial charge in [0.05, 0.1) is 23.4 Å². The second-order valence-electron chi connectivity index (χ2n) is 7.35. The zero-order valence-electron chi connectivity index (χ0n) is 18.5. The Labute approximate surface area is 199 Å². The summed E-state index contributed by atoms with van der Waals surface area (Å²) in [6.07, 6.45) is 0. The van der Waals surface area contributed by atoms with Gasteiger partial charge in [0.15, 0.2) is 17.3 Å². The quantitative estimate of drug-likeness (QED) is 0.398. The van der Waals surface area contributed by atoms with Crippen LogP contribution in [0, 0.1) is 18.6 Å². The fourth-order valence-corrected chi connectivity index (χ4v) is 4.27. The Bertz CT molecular complexity index is 1500. The molecule has 35 heavy (non-hydrogen) atoms. The highest BCUT2D eigenvalue weighted by Crippen LogP contribution is 2.21. The number of sulfonamides is 1. The highest BCUT2D eigenvalue weighted by Gasteiger charge is 2.19. The molecule has 0 atom stereocenters. The van der Waals surface area contributed by atoms with E-state index in [1.165, 1.54) is 28.9 Å². The third kappa shape index (κ3) is 5.11. The van der Waals surface area contributed by atoms with Crippen LogP contribution < -0.4 is 14.8 Å². The molecule has 1 amide bonds. The molecule has 9 nitrogen and oxygen atoms in total. The van der Waals surface area contributed by atoms with Crippen molar-refractivity contribution in [3.8, 4) is 11.4 Å². The molecule has 0 unspecified atom stereocenters. The first-order valence-corrected chi connectivity index (χ1v) is 11.6. The first-order chi connectivity index (χ1) is 16.7. The molecule has 1 aromatic heterocycles. The van der Waals surface area contributed by atoms with Gasteiger partial charge in [-0.2, -0.15) is 0 Å². The van der Waals surface area contributed by atoms with Gasteiger partial charge in [0.25, 0.3) is 15.9 Å². The normalized spacial score (nSPS) is 11.2. The largest absolute Gasteiger partial charge is 0.497 e. The molecule has 4 aromatic rings. The second-order valence-corrected chi connectivity index (χ2v) is 9.03. The first kappa shape index (κ1) is 23.8. The van der Waals surface area contributed by atoms with Crippen molar-refractivity contribution in [3.05, 3.63) is 89.8 Å². The van der Waals surface area contributed by atoms with Crippen LogP contribution in [0.4, 0.5) is 20.2 Å². The van der Waals surface area contributed by atoms with Crippen molar-refractivity contribution in [3.63, 3.8) is 0 Å². The fraction of sp³-hybridized carbons (Fsp3) is 0.0870. The van der Waals surface area contributed by atoms with E-state index in [-0.39, 0.29) is 11.4 Å². The van der Waals surface area contributed by atoms with E-state index in [9.17, 15) is 22.0 Å². The topological polar surface area (TPSA) is 115 Å². The number of hydrogen-bond acceptors (Lipinski definition) is 6. The zero-order chi connectivity index (χ0) is 25.2. The summed E-state index contributed by atoms with van der Waals surface area (Å²) in [7, 11) is -2.59. The lowest BCUT2D eigenvalue weighted by atomic mass is 10.2. The monoisotopic (exact) mass is 499 g/mol. The summed E-state index contributed by atoms with van der Waals surface area (Å²) in [5.41, 5.74) is 1.82. The van der Waals surface area contributed by atoms with Crippen molar-refractivity contribution in [1.29, 1.82) is 0 Å². The molecule has 0 spiro atoms. The Kier molecular flexibility index (Phi) is 6.47. The summed E-state index contributed by atoms with van der Waals surface area (Å²) in [4.78, 5) is 12.3. The van der Waals surface area contributed by atoms with Crippen LogP contribution in [0.1, 0.15) is 16.2 Å². The maximum absolute atomic E-state index is 13.4. The smallest absolute Gasteiger partial charge is 0.278 e. The van der Waals surface area contributed by atoms with E-state index in [1.54, 1.807) is 38.3 Å². The number of anilines is 2. The average Bonchev–Trinajstić information content (AvgIpc) is 3.23. The number of amides is 1. The van der Waals surface area contributed by atoms with Crippen molar-refractivity contribution in [2.24, 2.45) is 0 Å². The molecule has 0 aliphatic rings. The number of nitrogens with zero attached hydrogens (tertiary/aromatic N) is 3. The number of rotatable bonds is 7. The molecule has 0 bridgehead atoms. The zero-order valence-corrected chi connectivity index (χ0v) is 19.3. The fourth-order valence-electron chi connectivity index (χ4n) is 3.20. The van der Waals surface area contributed by atoms with Gasteiger partial charge in [-0.1, -0.05) is 11.3 Å². The van der Waals surface area contributed by atoms with Gasteiger partial charge in [-0.05, 0) is 61.5 Å². The van der Waals surface area contributed by atoms with Gasteiger partial charge in [0.2, 0.25) is 0 Å². The third-order valence-electron chi connectivity index (χ3n) is 5.00. The van der Waals surface area contributed by atoms with E-state index in [0.717, 1.165) is 12.1 Å². The standard InChI is InChI=1S/C23H19F2N5O4S/c1-14-22(27-29-30(14)17-4-3-5-18(12-17)34-2)23(31)26-15-6-8-16(9-7-15)28-35(32,33)19-10-11-20(24)21(25)13-19/h3-13,28H,1-2H3,(H,26,31). The van der Waals surface area contributed by atoms with E-state index in [1.807, 2.05) is 0 Å². The number of aromatic nitrogens is 3. The molecule has 2 N–H and O–H groups in total. The van der Waals surface area contributed by atoms with Gasteiger partial charge in [0.1, 0.15) is 5.75 Å². The molecule has 4 rings (SSSR count). The van der Waals surface area contributed by atoms with Crippen molar-refractivity contribution < 1.29 is 26.7 Å². The molecule has 0 aliphatic carbocycles. The molecule has 12 heteroatoms. The molecule has 0 saturated heterocycles. The number of carbonyl (C=O) groups excluding carboxylic acids is 1. The van der Waals surface area contributed by atoms with Gasteiger partial charge in [-0.15, -0.1) is 5.10 Å². The van der Waals surface area contributed by atoms with Crippen LogP contribution in [0.5, 0.6) is 5.75 Å². The van der Waals surface area contributed by atoms with Crippen LogP contribution in [-0.4, -0.2) is 36.4 Å². The summed E-state index contributed by atoms with van der Waals surface area (Å²) < 4.78 is 60.3. The Morgan fingerprint density at radius 3 is 2.37 bits per heavy atom. The minimum atomic E-state index is -4.14. The van der Waals surface area contributed by atoms with E-state index < -0.39 is 32.5 Å². The van der Waals surface area contributed by atoms with E-state index in [2.05, 4.69) is 20.4 Å². The van der Waals surface area contributed by atoms with Crippen LogP contribution in [0.25, 0.3) is 5.69 Å². The number of carbonyl (C=O) groups is 1. The van der Waals surface area contributed by atoms with Gasteiger partial charge < -0.3 is 10.1 Å². The Morgan fingerprint density at radius 2 is 1.69 bits per heavy atom. The maximum Gasteiger partial charge on any atom is 0.278 e. The summed E-state index contributed by atoms with van der Waals surface area (Å²) in [5.74, 6) is -2.30. The number of hydrogen-bond donors (Lipinski definition) is 2. The van der Waals surface area contributed by atoms with Crippen LogP contribution >= 0.6 is 0 Å². The Morgan fingerprint density at radius 1 is 0.971 bits per heavy atom. The van der Waals surface area contributed by atoms with Crippen LogP contribution in [0.2, 0.25) is 0 Å². The molecular weight excluding hydrogens is 480 g/mol. The minimum absolute atomic E-state index is 0.107. The van der Waals surface area contributed by atoms with E-state index >= 15 is 0 Å². The Hall–Kier alpha value is -4.32. The summed E-state index contributed by atoms with van der Waals surface area (Å²) in [5, 5.41) is 10.7. The van der Waals surface area contributed by atoms with Crippen molar-refractivity contribution in [1.82, 2.24) is 15.0 Å². The second kappa shape index (κ2) is 9.50. The third-order valence-corrected chi connectivity index (χ3v) is 6.38. The highest BCUT2D eigenvalue weighted by atomic mass is 32.2. The summed E-state index contributed by atoms with van der Waals surface area (Å²) in [6, 6.07) is 15.2. The number of methoxy groups -OCH3 is 1. The molecule has 180 valence electrons. The minimum Gasteiger partial charge on any atom is -0.497 e. The lowest BCUT2D eigenvalue weighted by Gasteiger charge is -2.10. The molecule has 0 aliphatic heterocycles. The predicted molar refractivity (Wildman–Crippen MR) is 124 cm³/mol. The molecule has 1 heterocycles. The average molecular weight is 499 g/mol. The molecule has 0 fully saturated rings. The van der Waals surface area contributed by atoms with Crippen molar-refractivity contribution in [2.75, 3.05) is 17.1 Å². The SMILES string of the molecule is COc1cccc(-n2nnc(C(=O)Nc3ccc(NS(=O)(=O)c4ccc(F)c(F)c4)cc3)c2C)c1. The molecule has 0 radical (unpaired) electrons. The van der Waals surface area contributed by atoms with Crippen LogP contribution in [0.3, 0.4) is 0 Å². The van der Waals surface area contributed by atoms with E-state index in [0.29, 0.717) is 28.9 Å². The lowest BCUT2D eigenvalue weighted by Crippen LogP contribution is -2.15. The Balaban J connectivity index is 1.47. The van der Waals surface area contributed by atoms with Gasteiger partial charge in [0, 0.05) is 17.4 Å². The number of halogens is 2. The van der Waals surface area contributed by atoms with Crippen molar-refractivity contribution in [2.45, 2.75) is 11.8 Å². The number of benzene rings is 3. The van der Waals surface area contributed by atoms with Crippen molar-refractivity contribution >= 4 is 27.3 Å². The van der Waals surface area contributed by atoms with Gasteiger partial charge >= 0.3 is 0 Å². The summed E-state index contributed by atoms with van der Waals surface area (Å²) >= 11 is 0.